The van der Waals surface area contributed by atoms with Crippen molar-refractivity contribution in [3.05, 3.63) is 47.0 Å². The number of ether oxygens (including phenoxy) is 1. The van der Waals surface area contributed by atoms with Crippen molar-refractivity contribution in [1.29, 1.82) is 0 Å². The van der Waals surface area contributed by atoms with Gasteiger partial charge in [-0.2, -0.15) is 0 Å². The molecule has 0 saturated heterocycles. The Kier molecular flexibility index (Phi) is 5.34. The van der Waals surface area contributed by atoms with Crippen molar-refractivity contribution in [2.75, 3.05) is 19.8 Å². The first kappa shape index (κ1) is 15.1. The molecule has 0 aromatic heterocycles. The summed E-state index contributed by atoms with van der Waals surface area (Å²) in [5.74, 6) is -0.961. The lowest BCUT2D eigenvalue weighted by Crippen LogP contribution is -2.36. The average Bonchev–Trinajstić information content (AvgIpc) is 2.52. The second-order valence-corrected chi connectivity index (χ2v) is 4.73. The van der Waals surface area contributed by atoms with Crippen molar-refractivity contribution in [2.24, 2.45) is 0 Å². The smallest absolute Gasteiger partial charge is 0.335 e. The van der Waals surface area contributed by atoms with Gasteiger partial charge in [0.1, 0.15) is 0 Å². The summed E-state index contributed by atoms with van der Waals surface area (Å²) in [5.41, 5.74) is 2.25. The van der Waals surface area contributed by atoms with Gasteiger partial charge >= 0.3 is 12.0 Å². The van der Waals surface area contributed by atoms with Crippen molar-refractivity contribution in [3.8, 4) is 0 Å². The number of hydrogen-bond donors (Lipinski definition) is 3. The van der Waals surface area contributed by atoms with Crippen LogP contribution in [0.25, 0.3) is 0 Å². The highest BCUT2D eigenvalue weighted by atomic mass is 16.5. The van der Waals surface area contributed by atoms with E-state index in [1.54, 1.807) is 12.1 Å². The van der Waals surface area contributed by atoms with E-state index in [1.807, 2.05) is 6.08 Å². The highest BCUT2D eigenvalue weighted by Gasteiger charge is 2.06. The quantitative estimate of drug-likeness (QED) is 0.718. The van der Waals surface area contributed by atoms with E-state index < -0.39 is 5.97 Å². The number of hydrogen-bond acceptors (Lipinski definition) is 3. The van der Waals surface area contributed by atoms with Crippen LogP contribution < -0.4 is 10.6 Å². The molecule has 0 fully saturated rings. The zero-order valence-corrected chi connectivity index (χ0v) is 11.6. The molecule has 1 heterocycles. The van der Waals surface area contributed by atoms with E-state index in [9.17, 15) is 9.59 Å². The molecule has 21 heavy (non-hydrogen) atoms. The molecular weight excluding hydrogens is 272 g/mol. The van der Waals surface area contributed by atoms with Gasteiger partial charge in [0.05, 0.1) is 18.8 Å². The molecule has 6 nitrogen and oxygen atoms in total. The number of benzene rings is 1. The van der Waals surface area contributed by atoms with Gasteiger partial charge < -0.3 is 20.5 Å². The van der Waals surface area contributed by atoms with E-state index in [4.69, 9.17) is 9.84 Å². The number of rotatable bonds is 5. The van der Waals surface area contributed by atoms with Gasteiger partial charge in [0.2, 0.25) is 0 Å². The summed E-state index contributed by atoms with van der Waals surface area (Å²) in [6.07, 6.45) is 2.82. The molecule has 1 aromatic carbocycles. The molecular formula is C15H18N2O4. The molecule has 0 aliphatic carbocycles. The van der Waals surface area contributed by atoms with Gasteiger partial charge in [0.25, 0.3) is 0 Å². The number of carboxylic acid groups (broad SMARTS) is 1. The van der Waals surface area contributed by atoms with Gasteiger partial charge in [-0.15, -0.1) is 0 Å². The van der Waals surface area contributed by atoms with E-state index in [1.165, 1.54) is 17.7 Å². The lowest BCUT2D eigenvalue weighted by atomic mass is 10.1. The van der Waals surface area contributed by atoms with Gasteiger partial charge in [-0.25, -0.2) is 9.59 Å². The Bertz CT molecular complexity index is 537. The lowest BCUT2D eigenvalue weighted by Gasteiger charge is -2.14. The summed E-state index contributed by atoms with van der Waals surface area (Å²) in [5, 5.41) is 14.3. The summed E-state index contributed by atoms with van der Waals surface area (Å²) in [7, 11) is 0. The molecule has 0 unspecified atom stereocenters. The van der Waals surface area contributed by atoms with Crippen LogP contribution in [0.3, 0.4) is 0 Å². The Morgan fingerprint density at radius 3 is 2.48 bits per heavy atom. The van der Waals surface area contributed by atoms with E-state index in [0.29, 0.717) is 26.3 Å². The molecule has 1 aliphatic rings. The highest BCUT2D eigenvalue weighted by Crippen LogP contribution is 2.06. The normalized spacial score (nSPS) is 14.2. The molecule has 1 aromatic rings. The number of carboxylic acids is 1. The monoisotopic (exact) mass is 290 g/mol. The van der Waals surface area contributed by atoms with Crippen molar-refractivity contribution >= 4 is 12.0 Å². The predicted octanol–water partition coefficient (Wildman–Crippen LogP) is 1.53. The number of carbonyl (C=O) groups excluding carboxylic acids is 1. The zero-order valence-electron chi connectivity index (χ0n) is 11.6. The molecule has 0 saturated carbocycles. The maximum absolute atomic E-state index is 11.7. The van der Waals surface area contributed by atoms with Crippen LogP contribution in [0, 0.1) is 0 Å². The minimum atomic E-state index is -0.961. The summed E-state index contributed by atoms with van der Waals surface area (Å²) < 4.78 is 5.19. The zero-order chi connectivity index (χ0) is 15.1. The van der Waals surface area contributed by atoms with Crippen LogP contribution in [0.1, 0.15) is 22.3 Å². The van der Waals surface area contributed by atoms with Crippen molar-refractivity contribution < 1.29 is 19.4 Å². The molecule has 1 aliphatic heterocycles. The predicted molar refractivity (Wildman–Crippen MR) is 77.2 cm³/mol. The van der Waals surface area contributed by atoms with Crippen LogP contribution in [0.5, 0.6) is 0 Å². The molecule has 6 heteroatoms. The maximum atomic E-state index is 11.7. The summed E-state index contributed by atoms with van der Waals surface area (Å²) >= 11 is 0. The SMILES string of the molecule is O=C(NCC1=CCOCC1)NCc1ccc(C(=O)O)cc1. The van der Waals surface area contributed by atoms with Crippen molar-refractivity contribution in [2.45, 2.75) is 13.0 Å². The molecule has 0 atom stereocenters. The second-order valence-electron chi connectivity index (χ2n) is 4.73. The molecule has 3 N–H and O–H groups in total. The number of urea groups is 1. The van der Waals surface area contributed by atoms with Crippen molar-refractivity contribution in [1.82, 2.24) is 10.6 Å². The minimum Gasteiger partial charge on any atom is -0.478 e. The molecule has 2 amide bonds. The number of aromatic carboxylic acids is 1. The van der Waals surface area contributed by atoms with Gasteiger partial charge in [-0.3, -0.25) is 0 Å². The minimum absolute atomic E-state index is 0.231. The highest BCUT2D eigenvalue weighted by molar-refractivity contribution is 5.87. The Labute approximate surface area is 122 Å². The fraction of sp³-hybridized carbons (Fsp3) is 0.333. The first-order valence-corrected chi connectivity index (χ1v) is 6.75. The van der Waals surface area contributed by atoms with E-state index in [0.717, 1.165) is 12.0 Å². The topological polar surface area (TPSA) is 87.7 Å². The van der Waals surface area contributed by atoms with Gasteiger partial charge in [-0.1, -0.05) is 23.8 Å². The van der Waals surface area contributed by atoms with E-state index in [-0.39, 0.29) is 11.6 Å². The Hall–Kier alpha value is -2.34. The van der Waals surface area contributed by atoms with Crippen LogP contribution in [0.4, 0.5) is 4.79 Å². The summed E-state index contributed by atoms with van der Waals surface area (Å²) in [4.78, 5) is 22.4. The number of amides is 2. The van der Waals surface area contributed by atoms with Crippen molar-refractivity contribution in [3.63, 3.8) is 0 Å². The summed E-state index contributed by atoms with van der Waals surface area (Å²) in [6, 6.07) is 6.16. The summed E-state index contributed by atoms with van der Waals surface area (Å²) in [6.45, 7) is 2.18. The third-order valence-electron chi connectivity index (χ3n) is 3.19. The van der Waals surface area contributed by atoms with Crippen LogP contribution in [-0.4, -0.2) is 36.9 Å². The average molecular weight is 290 g/mol. The molecule has 2 rings (SSSR count). The third-order valence-corrected chi connectivity index (χ3v) is 3.19. The molecule has 0 radical (unpaired) electrons. The third kappa shape index (κ3) is 4.92. The fourth-order valence-corrected chi connectivity index (χ4v) is 1.93. The first-order chi connectivity index (χ1) is 10.1. The number of carbonyl (C=O) groups is 2. The second kappa shape index (κ2) is 7.44. The van der Waals surface area contributed by atoms with Crippen LogP contribution in [-0.2, 0) is 11.3 Å². The molecule has 0 spiro atoms. The first-order valence-electron chi connectivity index (χ1n) is 6.75. The maximum Gasteiger partial charge on any atom is 0.335 e. The van der Waals surface area contributed by atoms with Crippen LogP contribution >= 0.6 is 0 Å². The largest absolute Gasteiger partial charge is 0.478 e. The van der Waals surface area contributed by atoms with Crippen LogP contribution in [0.15, 0.2) is 35.9 Å². The number of nitrogens with one attached hydrogen (secondary N) is 2. The van der Waals surface area contributed by atoms with Gasteiger partial charge in [0.15, 0.2) is 0 Å². The van der Waals surface area contributed by atoms with Gasteiger partial charge in [0, 0.05) is 13.1 Å². The Morgan fingerprint density at radius 2 is 1.86 bits per heavy atom. The Morgan fingerprint density at radius 1 is 1.14 bits per heavy atom. The Balaban J connectivity index is 1.73. The van der Waals surface area contributed by atoms with Crippen LogP contribution in [0.2, 0.25) is 0 Å². The molecule has 0 bridgehead atoms. The van der Waals surface area contributed by atoms with E-state index >= 15 is 0 Å². The lowest BCUT2D eigenvalue weighted by molar-refractivity contribution is 0.0697. The fourth-order valence-electron chi connectivity index (χ4n) is 1.93. The standard InChI is InChI=1S/C15H18N2O4/c18-14(19)13-3-1-11(2-4-13)9-16-15(20)17-10-12-5-7-21-8-6-12/h1-5H,6-10H2,(H,18,19)(H2,16,17,20). The molecule has 112 valence electrons. The van der Waals surface area contributed by atoms with E-state index in [2.05, 4.69) is 10.6 Å². The van der Waals surface area contributed by atoms with Gasteiger partial charge in [-0.05, 0) is 24.1 Å².